The standard InChI is InChI=1S/C15H21BrN2O2.2ClH/c1-3-4-12(18-9-7-17-8-10-18)14-11(16)5-6-13(20-2)15(14)19;;/h3,5-6,12,17,19H,1,4,7-10H2,2H3;2*1H/t12-;;/m0../s1. The second kappa shape index (κ2) is 10.3. The lowest BCUT2D eigenvalue weighted by atomic mass is 9.99. The van der Waals surface area contributed by atoms with Crippen LogP contribution in [0.25, 0.3) is 0 Å². The first-order chi connectivity index (χ1) is 9.69. The molecule has 0 spiro atoms. The highest BCUT2D eigenvalue weighted by Crippen LogP contribution is 2.42. The summed E-state index contributed by atoms with van der Waals surface area (Å²) in [6.07, 6.45) is 2.69. The lowest BCUT2D eigenvalue weighted by molar-refractivity contribution is 0.171. The molecule has 22 heavy (non-hydrogen) atoms. The Morgan fingerprint density at radius 1 is 1.41 bits per heavy atom. The Hall–Kier alpha value is -0.460. The first-order valence-electron chi connectivity index (χ1n) is 6.80. The molecule has 1 aromatic carbocycles. The molecule has 7 heteroatoms. The van der Waals surface area contributed by atoms with E-state index in [1.807, 2.05) is 12.1 Å². The molecule has 1 heterocycles. The molecule has 1 atom stereocenters. The molecule has 1 saturated heterocycles. The quantitative estimate of drug-likeness (QED) is 0.724. The van der Waals surface area contributed by atoms with Gasteiger partial charge in [0.2, 0.25) is 0 Å². The zero-order chi connectivity index (χ0) is 14.5. The van der Waals surface area contributed by atoms with Gasteiger partial charge in [0.1, 0.15) is 0 Å². The topological polar surface area (TPSA) is 44.7 Å². The van der Waals surface area contributed by atoms with Gasteiger partial charge in [-0.2, -0.15) is 0 Å². The third-order valence-electron chi connectivity index (χ3n) is 3.66. The summed E-state index contributed by atoms with van der Waals surface area (Å²) in [6.45, 7) is 7.71. The van der Waals surface area contributed by atoms with Crippen LogP contribution in [0.5, 0.6) is 11.5 Å². The molecule has 1 aliphatic heterocycles. The fourth-order valence-corrected chi connectivity index (χ4v) is 3.23. The summed E-state index contributed by atoms with van der Waals surface area (Å²) in [5.74, 6) is 0.722. The molecular weight excluding hydrogens is 391 g/mol. The number of phenolic OH excluding ortho intramolecular Hbond substituents is 1. The second-order valence-electron chi connectivity index (χ2n) is 4.84. The number of hydrogen-bond donors (Lipinski definition) is 2. The zero-order valence-corrected chi connectivity index (χ0v) is 15.8. The number of nitrogens with zero attached hydrogens (tertiary/aromatic N) is 1. The predicted molar refractivity (Wildman–Crippen MR) is 98.9 cm³/mol. The van der Waals surface area contributed by atoms with Crippen LogP contribution in [0.3, 0.4) is 0 Å². The zero-order valence-electron chi connectivity index (χ0n) is 12.5. The number of halogens is 3. The van der Waals surface area contributed by atoms with E-state index in [4.69, 9.17) is 4.74 Å². The predicted octanol–water partition coefficient (Wildman–Crippen LogP) is 3.53. The number of rotatable bonds is 5. The van der Waals surface area contributed by atoms with Gasteiger partial charge in [0, 0.05) is 42.3 Å². The van der Waals surface area contributed by atoms with E-state index in [9.17, 15) is 5.11 Å². The van der Waals surface area contributed by atoms with E-state index in [0.29, 0.717) is 5.75 Å². The maximum absolute atomic E-state index is 10.5. The Kier molecular flexibility index (Phi) is 10.1. The highest BCUT2D eigenvalue weighted by molar-refractivity contribution is 9.10. The second-order valence-corrected chi connectivity index (χ2v) is 5.69. The van der Waals surface area contributed by atoms with Crippen molar-refractivity contribution < 1.29 is 9.84 Å². The number of hydrogen-bond acceptors (Lipinski definition) is 4. The minimum atomic E-state index is 0. The first kappa shape index (κ1) is 21.5. The normalized spacial score (nSPS) is 16.1. The molecule has 0 radical (unpaired) electrons. The van der Waals surface area contributed by atoms with E-state index in [2.05, 4.69) is 32.7 Å². The molecule has 1 fully saturated rings. The molecule has 0 bridgehead atoms. The Labute approximate surface area is 152 Å². The van der Waals surface area contributed by atoms with Crippen LogP contribution in [0.4, 0.5) is 0 Å². The molecule has 0 aromatic heterocycles. The van der Waals surface area contributed by atoms with Crippen molar-refractivity contribution in [3.05, 3.63) is 34.8 Å². The monoisotopic (exact) mass is 412 g/mol. The number of nitrogens with one attached hydrogen (secondary N) is 1. The summed E-state index contributed by atoms with van der Waals surface area (Å²) < 4.78 is 6.13. The van der Waals surface area contributed by atoms with Gasteiger partial charge in [0.25, 0.3) is 0 Å². The Bertz CT molecular complexity index is 483. The minimum absolute atomic E-state index is 0. The van der Waals surface area contributed by atoms with Crippen molar-refractivity contribution in [1.82, 2.24) is 10.2 Å². The highest BCUT2D eigenvalue weighted by Gasteiger charge is 2.26. The van der Waals surface area contributed by atoms with Crippen molar-refractivity contribution in [1.29, 1.82) is 0 Å². The van der Waals surface area contributed by atoms with Crippen LogP contribution in [-0.2, 0) is 0 Å². The summed E-state index contributed by atoms with van der Waals surface area (Å²) >= 11 is 3.56. The summed E-state index contributed by atoms with van der Waals surface area (Å²) in [7, 11) is 1.57. The van der Waals surface area contributed by atoms with E-state index >= 15 is 0 Å². The highest BCUT2D eigenvalue weighted by atomic mass is 79.9. The number of aromatic hydroxyl groups is 1. The molecule has 2 rings (SSSR count). The van der Waals surface area contributed by atoms with Crippen LogP contribution >= 0.6 is 40.7 Å². The third-order valence-corrected chi connectivity index (χ3v) is 4.35. The van der Waals surface area contributed by atoms with Crippen LogP contribution in [0.2, 0.25) is 0 Å². The van der Waals surface area contributed by atoms with Gasteiger partial charge in [0.05, 0.1) is 7.11 Å². The van der Waals surface area contributed by atoms with Gasteiger partial charge in [-0.3, -0.25) is 4.90 Å². The van der Waals surface area contributed by atoms with Crippen LogP contribution in [0.1, 0.15) is 18.0 Å². The SMILES string of the molecule is C=CC[C@@H](c1c(Br)ccc(OC)c1O)N1CCNCC1.Cl.Cl. The van der Waals surface area contributed by atoms with E-state index in [-0.39, 0.29) is 36.6 Å². The summed E-state index contributed by atoms with van der Waals surface area (Å²) in [6, 6.07) is 3.80. The van der Waals surface area contributed by atoms with Crippen LogP contribution < -0.4 is 10.1 Å². The maximum atomic E-state index is 10.5. The number of methoxy groups -OCH3 is 1. The molecule has 1 aromatic rings. The van der Waals surface area contributed by atoms with Crippen molar-refractivity contribution in [3.8, 4) is 11.5 Å². The van der Waals surface area contributed by atoms with Gasteiger partial charge in [-0.1, -0.05) is 22.0 Å². The first-order valence-corrected chi connectivity index (χ1v) is 7.59. The molecule has 4 nitrogen and oxygen atoms in total. The van der Waals surface area contributed by atoms with Gasteiger partial charge in [-0.05, 0) is 18.6 Å². The molecular formula is C15H23BrCl2N2O2. The van der Waals surface area contributed by atoms with E-state index in [1.165, 1.54) is 0 Å². The summed E-state index contributed by atoms with van der Waals surface area (Å²) in [5, 5.41) is 13.8. The van der Waals surface area contributed by atoms with Crippen molar-refractivity contribution in [2.45, 2.75) is 12.5 Å². The van der Waals surface area contributed by atoms with Crippen molar-refractivity contribution >= 4 is 40.7 Å². The smallest absolute Gasteiger partial charge is 0.163 e. The Morgan fingerprint density at radius 2 is 2.05 bits per heavy atom. The summed E-state index contributed by atoms with van der Waals surface area (Å²) in [5.41, 5.74) is 0.881. The minimum Gasteiger partial charge on any atom is -0.504 e. The van der Waals surface area contributed by atoms with E-state index in [0.717, 1.165) is 42.6 Å². The molecule has 0 unspecified atom stereocenters. The Balaban J connectivity index is 0.00000220. The molecule has 2 N–H and O–H groups in total. The van der Waals surface area contributed by atoms with Gasteiger partial charge in [0.15, 0.2) is 11.5 Å². The number of benzene rings is 1. The third kappa shape index (κ3) is 4.77. The Morgan fingerprint density at radius 3 is 2.59 bits per heavy atom. The van der Waals surface area contributed by atoms with E-state index < -0.39 is 0 Å². The van der Waals surface area contributed by atoms with Gasteiger partial charge < -0.3 is 15.2 Å². The maximum Gasteiger partial charge on any atom is 0.163 e. The van der Waals surface area contributed by atoms with Gasteiger partial charge >= 0.3 is 0 Å². The van der Waals surface area contributed by atoms with Crippen molar-refractivity contribution in [2.24, 2.45) is 0 Å². The fourth-order valence-electron chi connectivity index (χ4n) is 2.65. The molecule has 126 valence electrons. The lowest BCUT2D eigenvalue weighted by Crippen LogP contribution is -2.45. The fraction of sp³-hybridized carbons (Fsp3) is 0.467. The van der Waals surface area contributed by atoms with Crippen molar-refractivity contribution in [2.75, 3.05) is 33.3 Å². The lowest BCUT2D eigenvalue weighted by Gasteiger charge is -2.35. The number of phenols is 1. The van der Waals surface area contributed by atoms with Crippen LogP contribution in [-0.4, -0.2) is 43.3 Å². The average Bonchev–Trinajstić information content (AvgIpc) is 2.47. The summed E-state index contributed by atoms with van der Waals surface area (Å²) in [4.78, 5) is 2.37. The molecule has 0 amide bonds. The molecule has 0 saturated carbocycles. The van der Waals surface area contributed by atoms with Gasteiger partial charge in [-0.25, -0.2) is 0 Å². The average molecular weight is 414 g/mol. The van der Waals surface area contributed by atoms with Gasteiger partial charge in [-0.15, -0.1) is 31.4 Å². The largest absolute Gasteiger partial charge is 0.504 e. The number of piperazine rings is 1. The van der Waals surface area contributed by atoms with Crippen LogP contribution in [0.15, 0.2) is 29.3 Å². The van der Waals surface area contributed by atoms with Crippen molar-refractivity contribution in [3.63, 3.8) is 0 Å². The van der Waals surface area contributed by atoms with Crippen LogP contribution in [0, 0.1) is 0 Å². The molecule has 0 aliphatic carbocycles. The number of ether oxygens (including phenoxy) is 1. The molecule has 1 aliphatic rings. The van der Waals surface area contributed by atoms with E-state index in [1.54, 1.807) is 13.2 Å².